The highest BCUT2D eigenvalue weighted by Gasteiger charge is 2.47. The van der Waals surface area contributed by atoms with E-state index in [1.165, 1.54) is 11.1 Å². The summed E-state index contributed by atoms with van der Waals surface area (Å²) in [5.74, 6) is 1.86. The minimum absolute atomic E-state index is 0.117. The first-order chi connectivity index (χ1) is 26.8. The summed E-state index contributed by atoms with van der Waals surface area (Å²) in [5, 5.41) is 3.82. The van der Waals surface area contributed by atoms with Crippen LogP contribution < -0.4 is 10.2 Å². The number of hydrogen-bond donors (Lipinski definition) is 1. The molecule has 268 valence electrons. The van der Waals surface area contributed by atoms with Gasteiger partial charge in [0.15, 0.2) is 17.5 Å². The average Bonchev–Trinajstić information content (AvgIpc) is 3.54. The number of rotatable bonds is 7. The largest absolute Gasteiger partial charge is 0.372 e. The monoisotopic (exact) mass is 842 g/mol. The predicted octanol–water partition coefficient (Wildman–Crippen LogP) is 12.4. The molecule has 0 saturated carbocycles. The minimum Gasteiger partial charge on any atom is -0.372 e. The highest BCUT2D eigenvalue weighted by Crippen LogP contribution is 2.59. The molecule has 1 atom stereocenters. The lowest BCUT2D eigenvalue weighted by Crippen LogP contribution is -2.32. The molecule has 55 heavy (non-hydrogen) atoms. The fraction of sp³-hybridized carbons (Fsp3) is 0.106. The Kier molecular flexibility index (Phi) is 9.03. The van der Waals surface area contributed by atoms with Crippen molar-refractivity contribution in [3.05, 3.63) is 189 Å². The van der Waals surface area contributed by atoms with Gasteiger partial charge in [0.25, 0.3) is 0 Å². The van der Waals surface area contributed by atoms with Crippen molar-refractivity contribution in [1.29, 1.82) is 0 Å². The van der Waals surface area contributed by atoms with Gasteiger partial charge in [0, 0.05) is 42.3 Å². The van der Waals surface area contributed by atoms with E-state index in [4.69, 9.17) is 19.9 Å². The average molecular weight is 845 g/mol. The second kappa shape index (κ2) is 14.2. The molecular formula is C47H36Br2N6. The number of dihydropyridines is 1. The van der Waals surface area contributed by atoms with E-state index < -0.39 is 0 Å². The van der Waals surface area contributed by atoms with Crippen LogP contribution in [-0.4, -0.2) is 19.9 Å². The summed E-state index contributed by atoms with van der Waals surface area (Å²) in [6, 6.07) is 35.5. The van der Waals surface area contributed by atoms with Crippen molar-refractivity contribution >= 4 is 43.2 Å². The number of nitrogens with zero attached hydrogens (tertiary/aromatic N) is 5. The van der Waals surface area contributed by atoms with Crippen LogP contribution in [0.2, 0.25) is 0 Å². The van der Waals surface area contributed by atoms with Gasteiger partial charge in [0.05, 0.1) is 28.5 Å². The summed E-state index contributed by atoms with van der Waals surface area (Å²) in [6.07, 6.45) is 16.7. The Morgan fingerprint density at radius 3 is 1.91 bits per heavy atom. The fourth-order valence-corrected chi connectivity index (χ4v) is 8.10. The number of hydrogen-bond acceptors (Lipinski definition) is 6. The number of halogens is 2. The summed E-state index contributed by atoms with van der Waals surface area (Å²) in [4.78, 5) is 22.9. The second-order valence-corrected chi connectivity index (χ2v) is 16.1. The van der Waals surface area contributed by atoms with Gasteiger partial charge in [-0.2, -0.15) is 0 Å². The first kappa shape index (κ1) is 35.0. The zero-order valence-corrected chi connectivity index (χ0v) is 33.7. The van der Waals surface area contributed by atoms with Gasteiger partial charge in [-0.3, -0.25) is 0 Å². The minimum atomic E-state index is -0.379. The van der Waals surface area contributed by atoms with Crippen LogP contribution in [0.25, 0.3) is 45.4 Å². The maximum Gasteiger partial charge on any atom is 0.164 e. The zero-order valence-electron chi connectivity index (χ0n) is 30.5. The van der Waals surface area contributed by atoms with E-state index in [1.54, 1.807) is 0 Å². The Bertz CT molecular complexity index is 2560. The molecular weight excluding hydrogens is 808 g/mol. The molecule has 0 aliphatic carbocycles. The van der Waals surface area contributed by atoms with E-state index in [1.807, 2.05) is 85.8 Å². The Morgan fingerprint density at radius 2 is 1.25 bits per heavy atom. The molecule has 9 rings (SSSR count). The molecule has 8 heteroatoms. The third-order valence-corrected chi connectivity index (χ3v) is 11.4. The van der Waals surface area contributed by atoms with E-state index >= 15 is 0 Å². The predicted molar refractivity (Wildman–Crippen MR) is 231 cm³/mol. The third kappa shape index (κ3) is 6.39. The molecule has 0 radical (unpaired) electrons. The molecule has 5 heterocycles. The normalized spacial score (nSPS) is 16.5. The Labute approximate surface area is 338 Å². The SMILES string of the molecule is C\C=C/C=C\C=C\C1=CC=C2C(N1)c1nc(-c3ccccc3)cc3c1N2c1ccc(-c2nc(-c4ccc(Br)cc4)nc(-c4ccc(Br)cc4)n2)cc1C3(C)C. The lowest BCUT2D eigenvalue weighted by atomic mass is 9.73. The standard InChI is InChI=1S/C47H36Br2N6/c1-4-5-6-7-11-14-35-24-26-40-41(50-35)42-43-37(28-38(51-42)29-12-9-8-10-13-29)47(2,3)36-27-32(19-25-39(36)55(40)43)46-53-44(30-15-20-33(48)21-16-30)52-45(54-46)31-17-22-34(49)23-18-31/h4-28,41,50H,1-3H3/b5-4-,7-6-,14-11+. The van der Waals surface area contributed by atoms with E-state index in [9.17, 15) is 0 Å². The van der Waals surface area contributed by atoms with Crippen LogP contribution in [0.3, 0.4) is 0 Å². The Hall–Kier alpha value is -5.70. The van der Waals surface area contributed by atoms with Crippen molar-refractivity contribution in [2.45, 2.75) is 32.2 Å². The van der Waals surface area contributed by atoms with Crippen LogP contribution >= 0.6 is 31.9 Å². The third-order valence-electron chi connectivity index (χ3n) is 10.4. The van der Waals surface area contributed by atoms with Crippen molar-refractivity contribution in [3.63, 3.8) is 0 Å². The van der Waals surface area contributed by atoms with Gasteiger partial charge in [0.2, 0.25) is 0 Å². The number of aromatic nitrogens is 4. The van der Waals surface area contributed by atoms with Gasteiger partial charge in [-0.25, -0.2) is 19.9 Å². The van der Waals surface area contributed by atoms with Gasteiger partial charge in [0.1, 0.15) is 6.04 Å². The zero-order chi connectivity index (χ0) is 37.7. The van der Waals surface area contributed by atoms with E-state index in [-0.39, 0.29) is 11.5 Å². The Balaban J connectivity index is 1.21. The molecule has 6 nitrogen and oxygen atoms in total. The maximum atomic E-state index is 5.40. The van der Waals surface area contributed by atoms with Crippen molar-refractivity contribution in [1.82, 2.24) is 25.3 Å². The molecule has 3 aliphatic heterocycles. The molecule has 0 fully saturated rings. The van der Waals surface area contributed by atoms with Crippen molar-refractivity contribution in [3.8, 4) is 45.4 Å². The quantitative estimate of drug-likeness (QED) is 0.162. The van der Waals surface area contributed by atoms with Gasteiger partial charge >= 0.3 is 0 Å². The Morgan fingerprint density at radius 1 is 0.636 bits per heavy atom. The van der Waals surface area contributed by atoms with Crippen LogP contribution in [0.15, 0.2) is 172 Å². The molecule has 0 bridgehead atoms. The van der Waals surface area contributed by atoms with Crippen LogP contribution in [0.4, 0.5) is 11.4 Å². The van der Waals surface area contributed by atoms with Crippen molar-refractivity contribution < 1.29 is 0 Å². The van der Waals surface area contributed by atoms with Crippen LogP contribution in [0.5, 0.6) is 0 Å². The second-order valence-electron chi connectivity index (χ2n) is 14.2. The van der Waals surface area contributed by atoms with Gasteiger partial charge < -0.3 is 10.2 Å². The topological polar surface area (TPSA) is 66.8 Å². The molecule has 3 aliphatic rings. The number of allylic oxidation sites excluding steroid dienone is 8. The summed E-state index contributed by atoms with van der Waals surface area (Å²) < 4.78 is 2.00. The molecule has 4 aromatic carbocycles. The van der Waals surface area contributed by atoms with Gasteiger partial charge in [-0.05, 0) is 84.8 Å². The number of pyridine rings is 1. The smallest absolute Gasteiger partial charge is 0.164 e. The van der Waals surface area contributed by atoms with Gasteiger partial charge in [-0.1, -0.05) is 131 Å². The number of anilines is 2. The molecule has 2 aromatic heterocycles. The fourth-order valence-electron chi connectivity index (χ4n) is 7.57. The van der Waals surface area contributed by atoms with Crippen molar-refractivity contribution in [2.75, 3.05) is 4.90 Å². The van der Waals surface area contributed by atoms with Gasteiger partial charge in [-0.15, -0.1) is 0 Å². The lowest BCUT2D eigenvalue weighted by Gasteiger charge is -2.40. The highest BCUT2D eigenvalue weighted by molar-refractivity contribution is 9.10. The molecule has 1 unspecified atom stereocenters. The summed E-state index contributed by atoms with van der Waals surface area (Å²) in [6.45, 7) is 6.65. The molecule has 0 amide bonds. The highest BCUT2D eigenvalue weighted by atomic mass is 79.9. The molecule has 6 aromatic rings. The van der Waals surface area contributed by atoms with Crippen molar-refractivity contribution in [2.24, 2.45) is 0 Å². The molecule has 1 N–H and O–H groups in total. The maximum absolute atomic E-state index is 5.40. The van der Waals surface area contributed by atoms with E-state index in [0.29, 0.717) is 17.5 Å². The summed E-state index contributed by atoms with van der Waals surface area (Å²) in [5.41, 5.74) is 12.3. The number of fused-ring (bicyclic) bond motifs is 5. The van der Waals surface area contributed by atoms with E-state index in [0.717, 1.165) is 65.4 Å². The summed E-state index contributed by atoms with van der Waals surface area (Å²) in [7, 11) is 0. The lowest BCUT2D eigenvalue weighted by molar-refractivity contribution is 0.631. The molecule has 0 saturated heterocycles. The van der Waals surface area contributed by atoms with Crippen LogP contribution in [0, 0.1) is 0 Å². The number of nitrogens with one attached hydrogen (secondary N) is 1. The first-order valence-corrected chi connectivity index (χ1v) is 19.9. The first-order valence-electron chi connectivity index (χ1n) is 18.3. The van der Waals surface area contributed by atoms with Crippen LogP contribution in [0.1, 0.15) is 43.6 Å². The number of benzene rings is 4. The van der Waals surface area contributed by atoms with Crippen LogP contribution in [-0.2, 0) is 5.41 Å². The summed E-state index contributed by atoms with van der Waals surface area (Å²) >= 11 is 7.15. The van der Waals surface area contributed by atoms with E-state index in [2.05, 4.69) is 129 Å². The molecule has 0 spiro atoms.